The number of carbonyl (C=O) groups excluding carboxylic acids is 2. The molecule has 1 aliphatic carbocycles. The molecule has 1 aliphatic rings. The standard InChI is InChI=1S/C20H28N2O3/c1-2-25-20(24)14-11-16-9-12-17(13-10-16)21-15-19(23)22-18-7-5-3-4-6-8-18/h9-14,18,21H,2-8,15H2,1H3,(H,22,23)/b14-11+. The molecule has 0 bridgehead atoms. The van der Waals surface area contributed by atoms with E-state index < -0.39 is 0 Å². The van der Waals surface area contributed by atoms with Gasteiger partial charge in [-0.25, -0.2) is 4.79 Å². The molecular weight excluding hydrogens is 316 g/mol. The molecule has 1 saturated carbocycles. The average molecular weight is 344 g/mol. The van der Waals surface area contributed by atoms with Gasteiger partial charge in [-0.1, -0.05) is 37.8 Å². The largest absolute Gasteiger partial charge is 0.463 e. The SMILES string of the molecule is CCOC(=O)/C=C/c1ccc(NCC(=O)NC2CCCCCC2)cc1. The summed E-state index contributed by atoms with van der Waals surface area (Å²) in [5, 5.41) is 6.26. The Labute approximate surface area is 149 Å². The van der Waals surface area contributed by atoms with Gasteiger partial charge in [0.25, 0.3) is 0 Å². The third kappa shape index (κ3) is 7.42. The smallest absolute Gasteiger partial charge is 0.330 e. The Kier molecular flexibility index (Phi) is 8.02. The summed E-state index contributed by atoms with van der Waals surface area (Å²) < 4.78 is 4.84. The highest BCUT2D eigenvalue weighted by Gasteiger charge is 2.14. The van der Waals surface area contributed by atoms with Crippen LogP contribution in [0, 0.1) is 0 Å². The van der Waals surface area contributed by atoms with Crippen molar-refractivity contribution >= 4 is 23.6 Å². The van der Waals surface area contributed by atoms with Crippen molar-refractivity contribution in [3.05, 3.63) is 35.9 Å². The van der Waals surface area contributed by atoms with Crippen LogP contribution in [0.3, 0.4) is 0 Å². The summed E-state index contributed by atoms with van der Waals surface area (Å²) in [6.45, 7) is 2.42. The van der Waals surface area contributed by atoms with Gasteiger partial charge in [-0.05, 0) is 43.5 Å². The molecule has 0 radical (unpaired) electrons. The molecule has 5 nitrogen and oxygen atoms in total. The fourth-order valence-corrected chi connectivity index (χ4v) is 2.95. The zero-order valence-electron chi connectivity index (χ0n) is 14.9. The molecule has 2 rings (SSSR count). The molecule has 1 amide bonds. The van der Waals surface area contributed by atoms with Crippen molar-refractivity contribution in [3.63, 3.8) is 0 Å². The molecule has 0 aliphatic heterocycles. The second kappa shape index (κ2) is 10.5. The minimum atomic E-state index is -0.347. The van der Waals surface area contributed by atoms with E-state index in [4.69, 9.17) is 4.74 Å². The summed E-state index contributed by atoms with van der Waals surface area (Å²) in [5.41, 5.74) is 1.78. The molecule has 25 heavy (non-hydrogen) atoms. The van der Waals surface area contributed by atoms with Crippen LogP contribution in [0.2, 0.25) is 0 Å². The Morgan fingerprint density at radius 1 is 1.12 bits per heavy atom. The number of nitrogens with one attached hydrogen (secondary N) is 2. The van der Waals surface area contributed by atoms with Gasteiger partial charge in [-0.3, -0.25) is 4.79 Å². The molecular formula is C20H28N2O3. The molecule has 0 atom stereocenters. The number of amides is 1. The number of hydrogen-bond acceptors (Lipinski definition) is 4. The summed E-state index contributed by atoms with van der Waals surface area (Å²) >= 11 is 0. The highest BCUT2D eigenvalue weighted by molar-refractivity contribution is 5.87. The summed E-state index contributed by atoms with van der Waals surface area (Å²) in [6.07, 6.45) is 10.3. The number of ether oxygens (including phenoxy) is 1. The highest BCUT2D eigenvalue weighted by atomic mass is 16.5. The Morgan fingerprint density at radius 2 is 1.80 bits per heavy atom. The summed E-state index contributed by atoms with van der Waals surface area (Å²) in [4.78, 5) is 23.3. The molecule has 136 valence electrons. The first-order valence-electron chi connectivity index (χ1n) is 9.15. The predicted octanol–water partition coefficient (Wildman–Crippen LogP) is 3.51. The lowest BCUT2D eigenvalue weighted by Crippen LogP contribution is -2.38. The highest BCUT2D eigenvalue weighted by Crippen LogP contribution is 2.17. The third-order valence-electron chi connectivity index (χ3n) is 4.28. The number of carbonyl (C=O) groups is 2. The van der Waals surface area contributed by atoms with Crippen LogP contribution >= 0.6 is 0 Å². The zero-order chi connectivity index (χ0) is 17.9. The van der Waals surface area contributed by atoms with Crippen molar-refractivity contribution in [2.45, 2.75) is 51.5 Å². The van der Waals surface area contributed by atoms with E-state index in [0.717, 1.165) is 24.1 Å². The number of esters is 1. The quantitative estimate of drug-likeness (QED) is 0.451. The van der Waals surface area contributed by atoms with E-state index in [-0.39, 0.29) is 18.4 Å². The van der Waals surface area contributed by atoms with Crippen molar-refractivity contribution in [3.8, 4) is 0 Å². The predicted molar refractivity (Wildman–Crippen MR) is 100 cm³/mol. The van der Waals surface area contributed by atoms with Crippen LogP contribution in [0.15, 0.2) is 30.3 Å². The van der Waals surface area contributed by atoms with Crippen molar-refractivity contribution in [1.82, 2.24) is 5.32 Å². The van der Waals surface area contributed by atoms with Gasteiger partial charge < -0.3 is 15.4 Å². The molecule has 5 heteroatoms. The van der Waals surface area contributed by atoms with E-state index in [2.05, 4.69) is 10.6 Å². The summed E-state index contributed by atoms with van der Waals surface area (Å²) in [6, 6.07) is 7.89. The van der Waals surface area contributed by atoms with Gasteiger partial charge in [-0.15, -0.1) is 0 Å². The van der Waals surface area contributed by atoms with Crippen molar-refractivity contribution in [1.29, 1.82) is 0 Å². The maximum absolute atomic E-state index is 12.1. The molecule has 1 fully saturated rings. The molecule has 0 aromatic heterocycles. The number of benzene rings is 1. The van der Waals surface area contributed by atoms with Crippen LogP contribution in [-0.2, 0) is 14.3 Å². The average Bonchev–Trinajstić information content (AvgIpc) is 2.88. The van der Waals surface area contributed by atoms with Crippen LogP contribution in [0.5, 0.6) is 0 Å². The van der Waals surface area contributed by atoms with Gasteiger partial charge >= 0.3 is 5.97 Å². The number of rotatable bonds is 7. The monoisotopic (exact) mass is 344 g/mol. The second-order valence-electron chi connectivity index (χ2n) is 6.32. The third-order valence-corrected chi connectivity index (χ3v) is 4.28. The first-order chi connectivity index (χ1) is 12.2. The Bertz CT molecular complexity index is 573. The fraction of sp³-hybridized carbons (Fsp3) is 0.500. The number of anilines is 1. The molecule has 0 unspecified atom stereocenters. The Balaban J connectivity index is 1.75. The van der Waals surface area contributed by atoms with Gasteiger partial charge in [0.05, 0.1) is 13.2 Å². The van der Waals surface area contributed by atoms with Crippen LogP contribution in [0.25, 0.3) is 6.08 Å². The van der Waals surface area contributed by atoms with E-state index >= 15 is 0 Å². The first kappa shape index (κ1) is 19.0. The zero-order valence-corrected chi connectivity index (χ0v) is 14.9. The van der Waals surface area contributed by atoms with E-state index in [9.17, 15) is 9.59 Å². The van der Waals surface area contributed by atoms with Crippen LogP contribution in [0.4, 0.5) is 5.69 Å². The minimum absolute atomic E-state index is 0.0400. The summed E-state index contributed by atoms with van der Waals surface area (Å²) in [5.74, 6) is -0.307. The normalized spacial score (nSPS) is 15.6. The molecule has 0 spiro atoms. The lowest BCUT2D eigenvalue weighted by atomic mass is 10.1. The number of hydrogen-bond donors (Lipinski definition) is 2. The minimum Gasteiger partial charge on any atom is -0.463 e. The van der Waals surface area contributed by atoms with Gasteiger partial charge in [0.2, 0.25) is 5.91 Å². The fourth-order valence-electron chi connectivity index (χ4n) is 2.95. The van der Waals surface area contributed by atoms with Gasteiger partial charge in [0.15, 0.2) is 0 Å². The van der Waals surface area contributed by atoms with Crippen molar-refractivity contribution in [2.75, 3.05) is 18.5 Å². The van der Waals surface area contributed by atoms with Crippen molar-refractivity contribution in [2.24, 2.45) is 0 Å². The maximum Gasteiger partial charge on any atom is 0.330 e. The molecule has 0 heterocycles. The van der Waals surface area contributed by atoms with Crippen molar-refractivity contribution < 1.29 is 14.3 Å². The lowest BCUT2D eigenvalue weighted by molar-refractivity contribution is -0.137. The van der Waals surface area contributed by atoms with Crippen LogP contribution in [0.1, 0.15) is 51.0 Å². The lowest BCUT2D eigenvalue weighted by Gasteiger charge is -2.16. The maximum atomic E-state index is 12.1. The van der Waals surface area contributed by atoms with Crippen LogP contribution in [-0.4, -0.2) is 31.1 Å². The van der Waals surface area contributed by atoms with Gasteiger partial charge in [0.1, 0.15) is 0 Å². The summed E-state index contributed by atoms with van der Waals surface area (Å²) in [7, 11) is 0. The van der Waals surface area contributed by atoms with Gasteiger partial charge in [-0.2, -0.15) is 0 Å². The first-order valence-corrected chi connectivity index (χ1v) is 9.15. The molecule has 0 saturated heterocycles. The molecule has 1 aromatic rings. The Morgan fingerprint density at radius 3 is 2.44 bits per heavy atom. The van der Waals surface area contributed by atoms with E-state index in [0.29, 0.717) is 12.6 Å². The van der Waals surface area contributed by atoms with Crippen LogP contribution < -0.4 is 10.6 Å². The molecule has 2 N–H and O–H groups in total. The van der Waals surface area contributed by atoms with Gasteiger partial charge in [0, 0.05) is 17.8 Å². The second-order valence-corrected chi connectivity index (χ2v) is 6.32. The van der Waals surface area contributed by atoms with E-state index in [1.165, 1.54) is 31.8 Å². The van der Waals surface area contributed by atoms with E-state index in [1.807, 2.05) is 24.3 Å². The molecule has 1 aromatic carbocycles. The Hall–Kier alpha value is -2.30. The topological polar surface area (TPSA) is 67.4 Å². The van der Waals surface area contributed by atoms with E-state index in [1.54, 1.807) is 13.0 Å².